The van der Waals surface area contributed by atoms with E-state index in [0.717, 1.165) is 6.42 Å². The molecule has 2 N–H and O–H groups in total. The van der Waals surface area contributed by atoms with Crippen LogP contribution in [0.15, 0.2) is 9.31 Å². The van der Waals surface area contributed by atoms with Crippen LogP contribution in [-0.4, -0.2) is 32.8 Å². The Bertz CT molecular complexity index is 572. The number of nitrogens with one attached hydrogen (secondary N) is 1. The zero-order chi connectivity index (χ0) is 14.9. The van der Waals surface area contributed by atoms with Crippen LogP contribution in [0.5, 0.6) is 0 Å². The molecule has 0 aromatic carbocycles. The van der Waals surface area contributed by atoms with Crippen molar-refractivity contribution >= 4 is 10.0 Å². The lowest BCUT2D eigenvalue weighted by atomic mass is 10.0. The van der Waals surface area contributed by atoms with Gasteiger partial charge in [0, 0.05) is 24.1 Å². The fourth-order valence-electron chi connectivity index (χ4n) is 2.59. The highest BCUT2D eigenvalue weighted by atomic mass is 32.2. The summed E-state index contributed by atoms with van der Waals surface area (Å²) in [7, 11) is -3.71. The van der Waals surface area contributed by atoms with Crippen molar-refractivity contribution in [3.05, 3.63) is 17.1 Å². The molecule has 1 aromatic heterocycles. The Hall–Kier alpha value is -0.890. The van der Waals surface area contributed by atoms with E-state index >= 15 is 0 Å². The summed E-state index contributed by atoms with van der Waals surface area (Å²) >= 11 is 0. The van der Waals surface area contributed by atoms with Gasteiger partial charge in [0.1, 0.15) is 16.4 Å². The zero-order valence-corrected chi connectivity index (χ0v) is 12.8. The van der Waals surface area contributed by atoms with Gasteiger partial charge in [0.15, 0.2) is 0 Å². The minimum atomic E-state index is -3.71. The largest absolute Gasteiger partial charge is 0.465 e. The minimum absolute atomic E-state index is 0.0586. The van der Waals surface area contributed by atoms with Crippen LogP contribution in [0.2, 0.25) is 0 Å². The molecule has 1 aromatic rings. The third kappa shape index (κ3) is 2.90. The molecule has 1 fully saturated rings. The van der Waals surface area contributed by atoms with Crippen molar-refractivity contribution in [3.63, 3.8) is 0 Å². The number of hydrogen-bond donors (Lipinski definition) is 2. The summed E-state index contributed by atoms with van der Waals surface area (Å²) in [6.07, 6.45) is 0.847. The van der Waals surface area contributed by atoms with Crippen LogP contribution in [0.4, 0.5) is 0 Å². The molecule has 6 nitrogen and oxygen atoms in total. The molecule has 1 saturated heterocycles. The maximum atomic E-state index is 12.5. The highest BCUT2D eigenvalue weighted by Gasteiger charge is 2.31. The molecule has 2 unspecified atom stereocenters. The van der Waals surface area contributed by atoms with E-state index in [1.54, 1.807) is 13.8 Å². The van der Waals surface area contributed by atoms with Gasteiger partial charge in [-0.25, -0.2) is 13.1 Å². The van der Waals surface area contributed by atoms with Crippen LogP contribution < -0.4 is 4.72 Å². The Balaban J connectivity index is 2.26. The van der Waals surface area contributed by atoms with Crippen molar-refractivity contribution in [2.24, 2.45) is 5.92 Å². The second-order valence-corrected chi connectivity index (χ2v) is 6.86. The minimum Gasteiger partial charge on any atom is -0.465 e. The van der Waals surface area contributed by atoms with E-state index in [0.29, 0.717) is 30.3 Å². The summed E-state index contributed by atoms with van der Waals surface area (Å²) in [5.74, 6) is 0.909. The van der Waals surface area contributed by atoms with Crippen LogP contribution in [0.25, 0.3) is 0 Å². The Kier molecular flexibility index (Phi) is 4.53. The lowest BCUT2D eigenvalue weighted by Gasteiger charge is -2.19. The molecule has 0 saturated carbocycles. The number of aryl methyl sites for hydroxylation is 2. The number of ether oxygens (including phenoxy) is 1. The zero-order valence-electron chi connectivity index (χ0n) is 12.0. The van der Waals surface area contributed by atoms with Gasteiger partial charge in [0.25, 0.3) is 0 Å². The van der Waals surface area contributed by atoms with Crippen molar-refractivity contribution in [2.75, 3.05) is 13.2 Å². The molecule has 1 aliphatic heterocycles. The molecule has 2 heterocycles. The van der Waals surface area contributed by atoms with E-state index in [1.165, 1.54) is 0 Å². The topological polar surface area (TPSA) is 88.8 Å². The lowest BCUT2D eigenvalue weighted by Crippen LogP contribution is -2.38. The molecular weight excluding hydrogens is 282 g/mol. The lowest BCUT2D eigenvalue weighted by molar-refractivity contribution is 0.180. The van der Waals surface area contributed by atoms with Crippen LogP contribution >= 0.6 is 0 Å². The summed E-state index contributed by atoms with van der Waals surface area (Å²) < 4.78 is 38.2. The quantitative estimate of drug-likeness (QED) is 0.850. The molecule has 20 heavy (non-hydrogen) atoms. The van der Waals surface area contributed by atoms with Crippen LogP contribution in [0.3, 0.4) is 0 Å². The van der Waals surface area contributed by atoms with E-state index in [4.69, 9.17) is 9.15 Å². The molecule has 0 spiro atoms. The van der Waals surface area contributed by atoms with Gasteiger partial charge in [-0.15, -0.1) is 0 Å². The van der Waals surface area contributed by atoms with Crippen molar-refractivity contribution < 1.29 is 22.7 Å². The summed E-state index contributed by atoms with van der Waals surface area (Å²) in [6, 6.07) is -0.219. The van der Waals surface area contributed by atoms with Crippen LogP contribution in [-0.2, 0) is 21.4 Å². The van der Waals surface area contributed by atoms with Crippen LogP contribution in [0, 0.1) is 19.8 Å². The van der Waals surface area contributed by atoms with E-state index in [2.05, 4.69) is 4.72 Å². The van der Waals surface area contributed by atoms with Gasteiger partial charge < -0.3 is 14.3 Å². The second kappa shape index (κ2) is 5.85. The van der Waals surface area contributed by atoms with Gasteiger partial charge >= 0.3 is 0 Å². The molecule has 0 bridgehead atoms. The first-order valence-corrected chi connectivity index (χ1v) is 8.15. The first kappa shape index (κ1) is 15.5. The molecule has 0 amide bonds. The first-order valence-electron chi connectivity index (χ1n) is 6.66. The normalized spacial score (nSPS) is 21.3. The Labute approximate surface area is 119 Å². The smallest absolute Gasteiger partial charge is 0.244 e. The number of furan rings is 1. The Morgan fingerprint density at radius 1 is 1.40 bits per heavy atom. The molecule has 2 rings (SSSR count). The molecule has 2 atom stereocenters. The van der Waals surface area contributed by atoms with Gasteiger partial charge in [-0.1, -0.05) is 0 Å². The molecule has 114 valence electrons. The van der Waals surface area contributed by atoms with E-state index in [-0.39, 0.29) is 23.5 Å². The second-order valence-electron chi connectivity index (χ2n) is 5.21. The predicted molar refractivity (Wildman–Crippen MR) is 72.8 cm³/mol. The summed E-state index contributed by atoms with van der Waals surface area (Å²) in [5.41, 5.74) is 0.324. The standard InChI is InChI=1S/C13H21NO5S/c1-8(11-4-5-18-7-11)14-20(16,17)13-10(3)19-9(2)12(13)6-15/h8,11,14-15H,4-7H2,1-3H3. The molecule has 0 aliphatic carbocycles. The summed E-state index contributed by atoms with van der Waals surface area (Å²) in [5, 5.41) is 9.35. The van der Waals surface area contributed by atoms with E-state index < -0.39 is 10.0 Å². The van der Waals surface area contributed by atoms with Crippen molar-refractivity contribution in [1.82, 2.24) is 4.72 Å². The van der Waals surface area contributed by atoms with Crippen molar-refractivity contribution in [3.8, 4) is 0 Å². The van der Waals surface area contributed by atoms with Gasteiger partial charge in [-0.05, 0) is 27.2 Å². The highest BCUT2D eigenvalue weighted by molar-refractivity contribution is 7.89. The van der Waals surface area contributed by atoms with E-state index in [9.17, 15) is 13.5 Å². The monoisotopic (exact) mass is 303 g/mol. The molecule has 7 heteroatoms. The highest BCUT2D eigenvalue weighted by Crippen LogP contribution is 2.27. The third-order valence-corrected chi connectivity index (χ3v) is 5.52. The number of sulfonamides is 1. The Morgan fingerprint density at radius 2 is 2.10 bits per heavy atom. The van der Waals surface area contributed by atoms with Gasteiger partial charge in [0.05, 0.1) is 13.2 Å². The summed E-state index contributed by atoms with van der Waals surface area (Å²) in [6.45, 7) is 5.94. The average molecular weight is 303 g/mol. The number of aliphatic hydroxyl groups is 1. The van der Waals surface area contributed by atoms with Gasteiger partial charge in [-0.3, -0.25) is 0 Å². The predicted octanol–water partition coefficient (Wildman–Crippen LogP) is 1.09. The van der Waals surface area contributed by atoms with E-state index in [1.807, 2.05) is 6.92 Å². The maximum absolute atomic E-state index is 12.5. The number of hydrogen-bond acceptors (Lipinski definition) is 5. The van der Waals surface area contributed by atoms with Crippen molar-refractivity contribution in [1.29, 1.82) is 0 Å². The SMILES string of the molecule is Cc1oc(C)c(S(=O)(=O)NC(C)C2CCOC2)c1CO. The van der Waals surface area contributed by atoms with Gasteiger partial charge in [0.2, 0.25) is 10.0 Å². The fraction of sp³-hybridized carbons (Fsp3) is 0.692. The van der Waals surface area contributed by atoms with Crippen LogP contribution in [0.1, 0.15) is 30.4 Å². The summed E-state index contributed by atoms with van der Waals surface area (Å²) in [4.78, 5) is 0.0586. The van der Waals surface area contributed by atoms with Gasteiger partial charge in [-0.2, -0.15) is 0 Å². The maximum Gasteiger partial charge on any atom is 0.244 e. The third-order valence-electron chi connectivity index (χ3n) is 3.76. The fourth-order valence-corrected chi connectivity index (χ4v) is 4.34. The number of rotatable bonds is 5. The average Bonchev–Trinajstić information content (AvgIpc) is 2.95. The molecular formula is C13H21NO5S. The number of aliphatic hydroxyl groups excluding tert-OH is 1. The first-order chi connectivity index (χ1) is 9.36. The Morgan fingerprint density at radius 3 is 2.65 bits per heavy atom. The van der Waals surface area contributed by atoms with Crippen molar-refractivity contribution in [2.45, 2.75) is 44.7 Å². The molecule has 0 radical (unpaired) electrons. The molecule has 1 aliphatic rings.